The number of amides is 2. The van der Waals surface area contributed by atoms with Crippen molar-refractivity contribution >= 4 is 23.2 Å². The summed E-state index contributed by atoms with van der Waals surface area (Å²) in [7, 11) is 0. The summed E-state index contributed by atoms with van der Waals surface area (Å²) in [6, 6.07) is 9.19. The molecule has 2 heterocycles. The summed E-state index contributed by atoms with van der Waals surface area (Å²) in [5.41, 5.74) is 0. The van der Waals surface area contributed by atoms with Crippen molar-refractivity contribution in [3.05, 3.63) is 46.3 Å². The zero-order chi connectivity index (χ0) is 12.1. The first-order valence-electron chi connectivity index (χ1n) is 5.25. The van der Waals surface area contributed by atoms with E-state index in [0.29, 0.717) is 12.4 Å². The van der Waals surface area contributed by atoms with Gasteiger partial charge in [0, 0.05) is 16.0 Å². The van der Waals surface area contributed by atoms with Gasteiger partial charge >= 0.3 is 6.03 Å². The standard InChI is InChI=1S/C12H13N3OS/c1-9-5-6-10(17-9)8-14-12(16)15-11-4-2-3-7-13-11/h2-7H,8H2,1H3,(H2,13,14,15,16). The van der Waals surface area contributed by atoms with Gasteiger partial charge in [-0.3, -0.25) is 5.32 Å². The van der Waals surface area contributed by atoms with Crippen LogP contribution in [0.4, 0.5) is 10.6 Å². The van der Waals surface area contributed by atoms with Crippen LogP contribution in [0.15, 0.2) is 36.5 Å². The van der Waals surface area contributed by atoms with Crippen molar-refractivity contribution in [2.75, 3.05) is 5.32 Å². The van der Waals surface area contributed by atoms with Gasteiger partial charge < -0.3 is 5.32 Å². The molecule has 0 bridgehead atoms. The van der Waals surface area contributed by atoms with E-state index in [1.807, 2.05) is 25.1 Å². The van der Waals surface area contributed by atoms with E-state index >= 15 is 0 Å². The predicted octanol–water partition coefficient (Wildman–Crippen LogP) is 2.77. The molecule has 0 spiro atoms. The third kappa shape index (κ3) is 3.57. The number of hydrogen-bond acceptors (Lipinski definition) is 3. The van der Waals surface area contributed by atoms with Crippen LogP contribution >= 0.6 is 11.3 Å². The molecule has 0 aliphatic rings. The Labute approximate surface area is 104 Å². The minimum Gasteiger partial charge on any atom is -0.333 e. The number of hydrogen-bond donors (Lipinski definition) is 2. The fourth-order valence-electron chi connectivity index (χ4n) is 1.34. The van der Waals surface area contributed by atoms with Gasteiger partial charge in [0.2, 0.25) is 0 Å². The normalized spacial score (nSPS) is 9.94. The molecule has 17 heavy (non-hydrogen) atoms. The number of nitrogens with zero attached hydrogens (tertiary/aromatic N) is 1. The molecule has 2 rings (SSSR count). The van der Waals surface area contributed by atoms with Crippen LogP contribution < -0.4 is 10.6 Å². The molecular formula is C12H13N3OS. The Balaban J connectivity index is 1.82. The Morgan fingerprint density at radius 1 is 1.35 bits per heavy atom. The molecule has 0 radical (unpaired) electrons. The lowest BCUT2D eigenvalue weighted by atomic mass is 10.4. The maximum atomic E-state index is 11.5. The van der Waals surface area contributed by atoms with E-state index in [-0.39, 0.29) is 6.03 Å². The highest BCUT2D eigenvalue weighted by molar-refractivity contribution is 7.11. The summed E-state index contributed by atoms with van der Waals surface area (Å²) in [4.78, 5) is 17.9. The maximum Gasteiger partial charge on any atom is 0.320 e. The molecule has 4 nitrogen and oxygen atoms in total. The van der Waals surface area contributed by atoms with Crippen LogP contribution in [0.5, 0.6) is 0 Å². The van der Waals surface area contributed by atoms with Gasteiger partial charge in [0.25, 0.3) is 0 Å². The number of aromatic nitrogens is 1. The van der Waals surface area contributed by atoms with E-state index in [2.05, 4.69) is 15.6 Å². The van der Waals surface area contributed by atoms with Gasteiger partial charge in [-0.25, -0.2) is 9.78 Å². The molecule has 0 aliphatic carbocycles. The third-order valence-corrected chi connectivity index (χ3v) is 3.13. The van der Waals surface area contributed by atoms with E-state index in [0.717, 1.165) is 4.88 Å². The van der Waals surface area contributed by atoms with Crippen molar-refractivity contribution < 1.29 is 4.79 Å². The van der Waals surface area contributed by atoms with Crippen LogP contribution in [0.2, 0.25) is 0 Å². The summed E-state index contributed by atoms with van der Waals surface area (Å²) in [6.45, 7) is 2.58. The number of carbonyl (C=O) groups is 1. The van der Waals surface area contributed by atoms with Crippen molar-refractivity contribution in [2.24, 2.45) is 0 Å². The molecule has 0 fully saturated rings. The van der Waals surface area contributed by atoms with Gasteiger partial charge in [0.15, 0.2) is 0 Å². The lowest BCUT2D eigenvalue weighted by molar-refractivity contribution is 0.252. The highest BCUT2D eigenvalue weighted by Gasteiger charge is 2.02. The second-order valence-electron chi connectivity index (χ2n) is 3.54. The maximum absolute atomic E-state index is 11.5. The van der Waals surface area contributed by atoms with Gasteiger partial charge in [-0.2, -0.15) is 0 Å². The summed E-state index contributed by atoms with van der Waals surface area (Å²) < 4.78 is 0. The van der Waals surface area contributed by atoms with E-state index < -0.39 is 0 Å². The van der Waals surface area contributed by atoms with Gasteiger partial charge in [0.1, 0.15) is 5.82 Å². The summed E-state index contributed by atoms with van der Waals surface area (Å²) in [5.74, 6) is 0.548. The predicted molar refractivity (Wildman–Crippen MR) is 69.2 cm³/mol. The Hall–Kier alpha value is -1.88. The molecule has 0 aromatic carbocycles. The second kappa shape index (κ2) is 5.45. The fourth-order valence-corrected chi connectivity index (χ4v) is 2.17. The van der Waals surface area contributed by atoms with Gasteiger partial charge in [-0.15, -0.1) is 11.3 Å². The molecule has 2 N–H and O–H groups in total. The topological polar surface area (TPSA) is 54.0 Å². The number of thiophene rings is 1. The number of aryl methyl sites for hydroxylation is 1. The lowest BCUT2D eigenvalue weighted by Gasteiger charge is -2.05. The van der Waals surface area contributed by atoms with E-state index in [1.165, 1.54) is 4.88 Å². The molecule has 0 saturated carbocycles. The molecule has 5 heteroatoms. The number of carbonyl (C=O) groups excluding carboxylic acids is 1. The highest BCUT2D eigenvalue weighted by Crippen LogP contribution is 2.14. The quantitative estimate of drug-likeness (QED) is 0.876. The van der Waals surface area contributed by atoms with Crippen molar-refractivity contribution in [3.8, 4) is 0 Å². The minimum absolute atomic E-state index is 0.241. The van der Waals surface area contributed by atoms with E-state index in [1.54, 1.807) is 29.7 Å². The fraction of sp³-hybridized carbons (Fsp3) is 0.167. The Morgan fingerprint density at radius 3 is 2.88 bits per heavy atom. The first-order valence-corrected chi connectivity index (χ1v) is 6.07. The SMILES string of the molecule is Cc1ccc(CNC(=O)Nc2ccccn2)s1. The van der Waals surface area contributed by atoms with Crippen LogP contribution in [-0.4, -0.2) is 11.0 Å². The van der Waals surface area contributed by atoms with Gasteiger partial charge in [0.05, 0.1) is 6.54 Å². The molecule has 0 atom stereocenters. The van der Waals surface area contributed by atoms with Gasteiger partial charge in [-0.1, -0.05) is 6.07 Å². The average molecular weight is 247 g/mol. The van der Waals surface area contributed by atoms with Crippen LogP contribution in [0.3, 0.4) is 0 Å². The van der Waals surface area contributed by atoms with Crippen molar-refractivity contribution in [3.63, 3.8) is 0 Å². The Bertz CT molecular complexity index is 495. The molecule has 88 valence electrons. The number of anilines is 1. The van der Waals surface area contributed by atoms with E-state index in [9.17, 15) is 4.79 Å². The molecule has 0 saturated heterocycles. The number of nitrogens with one attached hydrogen (secondary N) is 2. The average Bonchev–Trinajstić information content (AvgIpc) is 2.74. The van der Waals surface area contributed by atoms with Crippen molar-refractivity contribution in [1.29, 1.82) is 0 Å². The van der Waals surface area contributed by atoms with Gasteiger partial charge in [-0.05, 0) is 31.2 Å². The number of rotatable bonds is 3. The first-order chi connectivity index (χ1) is 8.24. The lowest BCUT2D eigenvalue weighted by Crippen LogP contribution is -2.28. The molecule has 0 aliphatic heterocycles. The van der Waals surface area contributed by atoms with E-state index in [4.69, 9.17) is 0 Å². The van der Waals surface area contributed by atoms with Crippen molar-refractivity contribution in [1.82, 2.24) is 10.3 Å². The zero-order valence-corrected chi connectivity index (χ0v) is 10.3. The Morgan fingerprint density at radius 2 is 2.24 bits per heavy atom. The van der Waals surface area contributed by atoms with Crippen LogP contribution in [-0.2, 0) is 6.54 Å². The Kier molecular flexibility index (Phi) is 3.72. The van der Waals surface area contributed by atoms with Crippen LogP contribution in [0, 0.1) is 6.92 Å². The smallest absolute Gasteiger partial charge is 0.320 e. The molecule has 2 amide bonds. The highest BCUT2D eigenvalue weighted by atomic mass is 32.1. The summed E-state index contributed by atoms with van der Waals surface area (Å²) in [5, 5.41) is 5.44. The monoisotopic (exact) mass is 247 g/mol. The summed E-state index contributed by atoms with van der Waals surface area (Å²) in [6.07, 6.45) is 1.64. The largest absolute Gasteiger partial charge is 0.333 e. The molecule has 2 aromatic rings. The molecule has 2 aromatic heterocycles. The van der Waals surface area contributed by atoms with Crippen molar-refractivity contribution in [2.45, 2.75) is 13.5 Å². The zero-order valence-electron chi connectivity index (χ0n) is 9.43. The number of pyridine rings is 1. The van der Waals surface area contributed by atoms with Crippen LogP contribution in [0.1, 0.15) is 9.75 Å². The summed E-state index contributed by atoms with van der Waals surface area (Å²) >= 11 is 1.68. The second-order valence-corrected chi connectivity index (χ2v) is 4.91. The number of urea groups is 1. The minimum atomic E-state index is -0.241. The van der Waals surface area contributed by atoms with Crippen LogP contribution in [0.25, 0.3) is 0 Å². The molecular weight excluding hydrogens is 234 g/mol. The third-order valence-electron chi connectivity index (χ3n) is 2.13. The molecule has 0 unspecified atom stereocenters. The first kappa shape index (κ1) is 11.6.